The summed E-state index contributed by atoms with van der Waals surface area (Å²) in [6.45, 7) is 0. The van der Waals surface area contributed by atoms with E-state index in [1.54, 1.807) is 0 Å². The molecule has 0 unspecified atom stereocenters. The number of hydrogen-bond donors (Lipinski definition) is 0. The molecule has 0 saturated heterocycles. The Morgan fingerprint density at radius 3 is 2.33 bits per heavy atom. The third-order valence-electron chi connectivity index (χ3n) is 4.60. The van der Waals surface area contributed by atoms with Crippen molar-refractivity contribution in [1.82, 2.24) is 0 Å². The number of allylic oxidation sites excluding steroid dienone is 3. The number of rotatable bonds is 6. The van der Waals surface area contributed by atoms with E-state index in [1.165, 1.54) is 24.0 Å². The van der Waals surface area contributed by atoms with Gasteiger partial charge in [-0.3, -0.25) is 0 Å². The Morgan fingerprint density at radius 1 is 0.852 bits per heavy atom. The Balaban J connectivity index is 1.50. The van der Waals surface area contributed by atoms with Gasteiger partial charge in [0.05, 0.1) is 0 Å². The van der Waals surface area contributed by atoms with Crippen molar-refractivity contribution in [3.63, 3.8) is 0 Å². The summed E-state index contributed by atoms with van der Waals surface area (Å²) in [6.07, 6.45) is 9.01. The van der Waals surface area contributed by atoms with Gasteiger partial charge < -0.3 is 4.74 Å². The lowest BCUT2D eigenvalue weighted by molar-refractivity contribution is 0.482. The second-order valence-corrected chi connectivity index (χ2v) is 7.19. The molecule has 0 N–H and O–H groups in total. The van der Waals surface area contributed by atoms with E-state index >= 15 is 0 Å². The van der Waals surface area contributed by atoms with E-state index in [0.29, 0.717) is 5.92 Å². The van der Waals surface area contributed by atoms with E-state index < -0.39 is 0 Å². The Bertz CT molecular complexity index is 951. The van der Waals surface area contributed by atoms with Crippen LogP contribution in [-0.2, 0) is 0 Å². The van der Waals surface area contributed by atoms with Gasteiger partial charge in [-0.2, -0.15) is 0 Å². The fraction of sp³-hybridized carbons (Fsp3) is 0.120. The average Bonchev–Trinajstić information content (AvgIpc) is 3.52. The summed E-state index contributed by atoms with van der Waals surface area (Å²) in [4.78, 5) is 0. The molecule has 0 heterocycles. The molecule has 0 radical (unpaired) electrons. The van der Waals surface area contributed by atoms with Crippen LogP contribution in [0.3, 0.4) is 0 Å². The van der Waals surface area contributed by atoms with Crippen molar-refractivity contribution < 1.29 is 4.74 Å². The second kappa shape index (κ2) is 8.28. The normalized spacial score (nSPS) is 14.5. The van der Waals surface area contributed by atoms with E-state index in [1.807, 2.05) is 54.6 Å². The minimum Gasteiger partial charge on any atom is -0.457 e. The molecular formula is C25H21ClO. The van der Waals surface area contributed by atoms with Crippen LogP contribution >= 0.6 is 11.6 Å². The Labute approximate surface area is 165 Å². The standard InChI is InChI=1S/C25H21ClO/c26-22-16-14-21(15-17-22)25(20-12-13-20)11-5-7-19-6-4-10-24(18-19)27-23-8-2-1-3-9-23/h1-11,14-18,20H,12-13H2. The molecule has 27 heavy (non-hydrogen) atoms. The van der Waals surface area contributed by atoms with Crippen LogP contribution in [0, 0.1) is 5.92 Å². The fourth-order valence-corrected chi connectivity index (χ4v) is 3.20. The maximum Gasteiger partial charge on any atom is 0.128 e. The third kappa shape index (κ3) is 4.90. The maximum atomic E-state index is 6.02. The highest BCUT2D eigenvalue weighted by Crippen LogP contribution is 2.42. The molecule has 3 aromatic carbocycles. The van der Waals surface area contributed by atoms with Gasteiger partial charge in [0, 0.05) is 5.02 Å². The van der Waals surface area contributed by atoms with Crippen molar-refractivity contribution in [2.24, 2.45) is 5.92 Å². The molecule has 0 atom stereocenters. The minimum absolute atomic E-state index is 0.670. The largest absolute Gasteiger partial charge is 0.457 e. The highest BCUT2D eigenvalue weighted by molar-refractivity contribution is 6.30. The smallest absolute Gasteiger partial charge is 0.128 e. The Morgan fingerprint density at radius 2 is 1.59 bits per heavy atom. The predicted octanol–water partition coefficient (Wildman–Crippen LogP) is 7.64. The van der Waals surface area contributed by atoms with Crippen molar-refractivity contribution in [1.29, 1.82) is 0 Å². The summed E-state index contributed by atoms with van der Waals surface area (Å²) < 4.78 is 5.91. The molecule has 1 saturated carbocycles. The van der Waals surface area contributed by atoms with Gasteiger partial charge in [-0.1, -0.05) is 72.3 Å². The number of benzene rings is 3. The monoisotopic (exact) mass is 372 g/mol. The molecule has 134 valence electrons. The quantitative estimate of drug-likeness (QED) is 0.404. The first-order valence-corrected chi connectivity index (χ1v) is 9.63. The first kappa shape index (κ1) is 17.6. The number of ether oxygens (including phenoxy) is 1. The first-order valence-electron chi connectivity index (χ1n) is 9.25. The predicted molar refractivity (Wildman–Crippen MR) is 114 cm³/mol. The van der Waals surface area contributed by atoms with Crippen molar-refractivity contribution in [3.05, 3.63) is 107 Å². The summed E-state index contributed by atoms with van der Waals surface area (Å²) in [6, 6.07) is 26.1. The van der Waals surface area contributed by atoms with Crippen LogP contribution < -0.4 is 4.74 Å². The van der Waals surface area contributed by atoms with Crippen LogP contribution in [0.1, 0.15) is 24.0 Å². The molecule has 0 spiro atoms. The van der Waals surface area contributed by atoms with E-state index in [4.69, 9.17) is 16.3 Å². The first-order chi connectivity index (χ1) is 13.3. The number of para-hydroxylation sites is 1. The summed E-state index contributed by atoms with van der Waals surface area (Å²) in [5.41, 5.74) is 3.76. The second-order valence-electron chi connectivity index (χ2n) is 6.75. The number of halogens is 1. The van der Waals surface area contributed by atoms with E-state index in [0.717, 1.165) is 22.1 Å². The summed E-state index contributed by atoms with van der Waals surface area (Å²) in [7, 11) is 0. The van der Waals surface area contributed by atoms with Gasteiger partial charge in [0.2, 0.25) is 0 Å². The van der Waals surface area contributed by atoms with Crippen LogP contribution in [0.4, 0.5) is 0 Å². The van der Waals surface area contributed by atoms with Gasteiger partial charge in [0.1, 0.15) is 11.5 Å². The van der Waals surface area contributed by atoms with E-state index in [-0.39, 0.29) is 0 Å². The van der Waals surface area contributed by atoms with Gasteiger partial charge in [-0.05, 0) is 71.9 Å². The van der Waals surface area contributed by atoms with Crippen LogP contribution in [-0.4, -0.2) is 0 Å². The molecule has 0 aliphatic heterocycles. The molecule has 1 fully saturated rings. The third-order valence-corrected chi connectivity index (χ3v) is 4.85. The molecule has 0 aromatic heterocycles. The Kier molecular flexibility index (Phi) is 5.41. The van der Waals surface area contributed by atoms with Crippen LogP contribution in [0.2, 0.25) is 5.02 Å². The number of hydrogen-bond acceptors (Lipinski definition) is 1. The molecule has 3 aromatic rings. The summed E-state index contributed by atoms with van der Waals surface area (Å²) >= 11 is 6.02. The minimum atomic E-state index is 0.670. The van der Waals surface area contributed by atoms with Gasteiger partial charge in [0.25, 0.3) is 0 Å². The van der Waals surface area contributed by atoms with Gasteiger partial charge >= 0.3 is 0 Å². The Hall–Kier alpha value is -2.77. The molecule has 0 bridgehead atoms. The topological polar surface area (TPSA) is 9.23 Å². The highest BCUT2D eigenvalue weighted by Gasteiger charge is 2.26. The lowest BCUT2D eigenvalue weighted by atomic mass is 10.0. The summed E-state index contributed by atoms with van der Waals surface area (Å²) in [5.74, 6) is 2.35. The molecule has 0 amide bonds. The SMILES string of the molecule is Clc1ccc(C(=CC=Cc2cccc(Oc3ccccc3)c2)C2CC2)cc1. The molecule has 1 aliphatic carbocycles. The van der Waals surface area contributed by atoms with Crippen molar-refractivity contribution in [3.8, 4) is 11.5 Å². The maximum absolute atomic E-state index is 6.02. The zero-order valence-corrected chi connectivity index (χ0v) is 15.8. The molecule has 2 heteroatoms. The lowest BCUT2D eigenvalue weighted by Crippen LogP contribution is -1.86. The molecule has 1 aliphatic rings. The van der Waals surface area contributed by atoms with Crippen molar-refractivity contribution in [2.45, 2.75) is 12.8 Å². The van der Waals surface area contributed by atoms with Gasteiger partial charge in [-0.15, -0.1) is 0 Å². The van der Waals surface area contributed by atoms with Crippen LogP contribution in [0.15, 0.2) is 91.0 Å². The van der Waals surface area contributed by atoms with Crippen molar-refractivity contribution in [2.75, 3.05) is 0 Å². The van der Waals surface area contributed by atoms with Crippen LogP contribution in [0.5, 0.6) is 11.5 Å². The van der Waals surface area contributed by atoms with Gasteiger partial charge in [0.15, 0.2) is 0 Å². The molecule has 1 nitrogen and oxygen atoms in total. The lowest BCUT2D eigenvalue weighted by Gasteiger charge is -2.06. The highest BCUT2D eigenvalue weighted by atomic mass is 35.5. The fourth-order valence-electron chi connectivity index (χ4n) is 3.07. The summed E-state index contributed by atoms with van der Waals surface area (Å²) in [5, 5.41) is 0.777. The van der Waals surface area contributed by atoms with Gasteiger partial charge in [-0.25, -0.2) is 0 Å². The zero-order chi connectivity index (χ0) is 18.5. The van der Waals surface area contributed by atoms with E-state index in [9.17, 15) is 0 Å². The van der Waals surface area contributed by atoms with E-state index in [2.05, 4.69) is 42.5 Å². The average molecular weight is 373 g/mol. The molecule has 4 rings (SSSR count). The zero-order valence-electron chi connectivity index (χ0n) is 15.0. The molecular weight excluding hydrogens is 352 g/mol. The van der Waals surface area contributed by atoms with Crippen LogP contribution in [0.25, 0.3) is 11.6 Å². The van der Waals surface area contributed by atoms with Crippen molar-refractivity contribution >= 4 is 23.3 Å².